The zero-order chi connectivity index (χ0) is 13.8. The maximum Gasteiger partial charge on any atom is 0.254 e. The van der Waals surface area contributed by atoms with Crippen molar-refractivity contribution >= 4 is 11.7 Å². The second kappa shape index (κ2) is 5.99. The van der Waals surface area contributed by atoms with Crippen LogP contribution in [0.1, 0.15) is 43.5 Å². The maximum atomic E-state index is 14.0. The van der Waals surface area contributed by atoms with E-state index in [2.05, 4.69) is 22.5 Å². The molecule has 1 aromatic rings. The molecule has 0 aromatic carbocycles. The van der Waals surface area contributed by atoms with Gasteiger partial charge in [0.2, 0.25) is 0 Å². The standard InChI is InChI=1S/C14H20FN3O/c1-3-5-9-8-11(9)18-14(19)10-6-7-17-13(12(10)15)16-4-2/h6-7,9,11H,3-5,8H2,1-2H3,(H,16,17)(H,18,19). The van der Waals surface area contributed by atoms with Crippen molar-refractivity contribution in [2.24, 2.45) is 5.92 Å². The van der Waals surface area contributed by atoms with Crippen molar-refractivity contribution in [1.29, 1.82) is 0 Å². The molecule has 1 aromatic heterocycles. The molecule has 2 rings (SSSR count). The highest BCUT2D eigenvalue weighted by molar-refractivity contribution is 5.95. The van der Waals surface area contributed by atoms with E-state index in [0.717, 1.165) is 19.3 Å². The molecule has 2 unspecified atom stereocenters. The zero-order valence-corrected chi connectivity index (χ0v) is 11.4. The van der Waals surface area contributed by atoms with Crippen LogP contribution in [-0.2, 0) is 0 Å². The van der Waals surface area contributed by atoms with Gasteiger partial charge in [-0.1, -0.05) is 13.3 Å². The number of anilines is 1. The third-order valence-electron chi connectivity index (χ3n) is 3.38. The van der Waals surface area contributed by atoms with Crippen LogP contribution in [0.2, 0.25) is 0 Å². The van der Waals surface area contributed by atoms with Gasteiger partial charge in [-0.25, -0.2) is 9.37 Å². The van der Waals surface area contributed by atoms with E-state index < -0.39 is 5.82 Å². The summed E-state index contributed by atoms with van der Waals surface area (Å²) in [5.41, 5.74) is 0.0631. The molecule has 0 saturated heterocycles. The third-order valence-corrected chi connectivity index (χ3v) is 3.38. The molecule has 2 N–H and O–H groups in total. The highest BCUT2D eigenvalue weighted by Crippen LogP contribution is 2.34. The summed E-state index contributed by atoms with van der Waals surface area (Å²) in [4.78, 5) is 15.9. The molecule has 1 heterocycles. The molecule has 0 radical (unpaired) electrons. The van der Waals surface area contributed by atoms with E-state index in [0.29, 0.717) is 12.5 Å². The van der Waals surface area contributed by atoms with E-state index in [1.807, 2.05) is 6.92 Å². The van der Waals surface area contributed by atoms with E-state index in [-0.39, 0.29) is 23.3 Å². The normalized spacial score (nSPS) is 21.0. The second-order valence-corrected chi connectivity index (χ2v) is 4.92. The van der Waals surface area contributed by atoms with Crippen molar-refractivity contribution in [1.82, 2.24) is 10.3 Å². The van der Waals surface area contributed by atoms with Crippen molar-refractivity contribution in [3.63, 3.8) is 0 Å². The average Bonchev–Trinajstić information content (AvgIpc) is 3.10. The topological polar surface area (TPSA) is 54.0 Å². The van der Waals surface area contributed by atoms with Gasteiger partial charge < -0.3 is 10.6 Å². The Morgan fingerprint density at radius 2 is 2.32 bits per heavy atom. The van der Waals surface area contributed by atoms with Gasteiger partial charge in [0.25, 0.3) is 5.91 Å². The van der Waals surface area contributed by atoms with Gasteiger partial charge in [0.1, 0.15) is 0 Å². The molecule has 2 atom stereocenters. The number of hydrogen-bond donors (Lipinski definition) is 2. The van der Waals surface area contributed by atoms with Crippen LogP contribution in [0.4, 0.5) is 10.2 Å². The first kappa shape index (κ1) is 13.8. The van der Waals surface area contributed by atoms with E-state index >= 15 is 0 Å². The zero-order valence-electron chi connectivity index (χ0n) is 11.4. The van der Waals surface area contributed by atoms with Gasteiger partial charge in [0, 0.05) is 18.8 Å². The molecule has 1 aliphatic carbocycles. The highest BCUT2D eigenvalue weighted by Gasteiger charge is 2.37. The van der Waals surface area contributed by atoms with Crippen molar-refractivity contribution in [2.75, 3.05) is 11.9 Å². The number of hydrogen-bond acceptors (Lipinski definition) is 3. The summed E-state index contributed by atoms with van der Waals surface area (Å²) in [6.45, 7) is 4.55. The summed E-state index contributed by atoms with van der Waals surface area (Å²) in [5.74, 6) is -0.222. The summed E-state index contributed by atoms with van der Waals surface area (Å²) in [5, 5.41) is 5.68. The lowest BCUT2D eigenvalue weighted by Crippen LogP contribution is -2.28. The van der Waals surface area contributed by atoms with Crippen LogP contribution in [-0.4, -0.2) is 23.5 Å². The Labute approximate surface area is 112 Å². The van der Waals surface area contributed by atoms with Crippen LogP contribution in [0.15, 0.2) is 12.3 Å². The Bertz CT molecular complexity index is 464. The highest BCUT2D eigenvalue weighted by atomic mass is 19.1. The molecule has 1 fully saturated rings. The minimum Gasteiger partial charge on any atom is -0.368 e. The van der Waals surface area contributed by atoms with Crippen LogP contribution in [0.5, 0.6) is 0 Å². The van der Waals surface area contributed by atoms with Crippen LogP contribution in [0, 0.1) is 11.7 Å². The summed E-state index contributed by atoms with van der Waals surface area (Å²) >= 11 is 0. The fraction of sp³-hybridized carbons (Fsp3) is 0.571. The van der Waals surface area contributed by atoms with Crippen molar-refractivity contribution < 1.29 is 9.18 Å². The number of pyridine rings is 1. The average molecular weight is 265 g/mol. The van der Waals surface area contributed by atoms with Gasteiger partial charge in [-0.05, 0) is 31.7 Å². The Morgan fingerprint density at radius 1 is 1.53 bits per heavy atom. The third kappa shape index (κ3) is 3.22. The predicted molar refractivity (Wildman–Crippen MR) is 72.6 cm³/mol. The number of amides is 1. The fourth-order valence-electron chi connectivity index (χ4n) is 2.27. The minimum atomic E-state index is -0.574. The Morgan fingerprint density at radius 3 is 3.00 bits per heavy atom. The summed E-state index contributed by atoms with van der Waals surface area (Å²) < 4.78 is 14.0. The Balaban J connectivity index is 2.01. The van der Waals surface area contributed by atoms with Crippen LogP contribution in [0.3, 0.4) is 0 Å². The van der Waals surface area contributed by atoms with Crippen molar-refractivity contribution in [2.45, 2.75) is 39.2 Å². The van der Waals surface area contributed by atoms with Gasteiger partial charge >= 0.3 is 0 Å². The molecule has 1 aliphatic rings. The molecule has 0 spiro atoms. The molecule has 4 nitrogen and oxygen atoms in total. The number of nitrogens with zero attached hydrogens (tertiary/aromatic N) is 1. The van der Waals surface area contributed by atoms with Gasteiger partial charge in [0.15, 0.2) is 11.6 Å². The Hall–Kier alpha value is -1.65. The van der Waals surface area contributed by atoms with E-state index in [4.69, 9.17) is 0 Å². The Kier molecular flexibility index (Phi) is 4.35. The minimum absolute atomic E-state index is 0.0631. The second-order valence-electron chi connectivity index (χ2n) is 4.92. The number of nitrogens with one attached hydrogen (secondary N) is 2. The summed E-state index contributed by atoms with van der Waals surface area (Å²) in [6, 6.07) is 1.63. The van der Waals surface area contributed by atoms with Crippen molar-refractivity contribution in [3.8, 4) is 0 Å². The van der Waals surface area contributed by atoms with E-state index in [1.165, 1.54) is 12.3 Å². The molecule has 1 saturated carbocycles. The summed E-state index contributed by atoms with van der Waals surface area (Å²) in [6.07, 6.45) is 4.69. The predicted octanol–water partition coefficient (Wildman–Crippen LogP) is 2.57. The molecule has 104 valence electrons. The van der Waals surface area contributed by atoms with Gasteiger partial charge in [-0.3, -0.25) is 4.79 Å². The summed E-state index contributed by atoms with van der Waals surface area (Å²) in [7, 11) is 0. The van der Waals surface area contributed by atoms with Gasteiger partial charge in [-0.15, -0.1) is 0 Å². The van der Waals surface area contributed by atoms with Crippen LogP contribution in [0.25, 0.3) is 0 Å². The quantitative estimate of drug-likeness (QED) is 0.831. The van der Waals surface area contributed by atoms with E-state index in [9.17, 15) is 9.18 Å². The van der Waals surface area contributed by atoms with Crippen LogP contribution < -0.4 is 10.6 Å². The first-order valence-electron chi connectivity index (χ1n) is 6.86. The smallest absolute Gasteiger partial charge is 0.254 e. The number of carbonyl (C=O) groups is 1. The monoisotopic (exact) mass is 265 g/mol. The molecule has 0 bridgehead atoms. The SMILES string of the molecule is CCCC1CC1NC(=O)c1ccnc(NCC)c1F. The van der Waals surface area contributed by atoms with Crippen molar-refractivity contribution in [3.05, 3.63) is 23.6 Å². The van der Waals surface area contributed by atoms with Gasteiger partial charge in [0.05, 0.1) is 5.56 Å². The first-order valence-corrected chi connectivity index (χ1v) is 6.86. The molecule has 5 heteroatoms. The van der Waals surface area contributed by atoms with E-state index in [1.54, 1.807) is 0 Å². The molecular formula is C14H20FN3O. The first-order chi connectivity index (χ1) is 9.17. The lowest BCUT2D eigenvalue weighted by Gasteiger charge is -2.09. The van der Waals surface area contributed by atoms with Gasteiger partial charge in [-0.2, -0.15) is 0 Å². The number of halogens is 1. The fourth-order valence-corrected chi connectivity index (χ4v) is 2.27. The lowest BCUT2D eigenvalue weighted by molar-refractivity contribution is 0.0944. The largest absolute Gasteiger partial charge is 0.368 e. The lowest BCUT2D eigenvalue weighted by atomic mass is 10.2. The number of carbonyl (C=O) groups excluding carboxylic acids is 1. The van der Waals surface area contributed by atoms with Crippen LogP contribution >= 0.6 is 0 Å². The molecular weight excluding hydrogens is 245 g/mol. The molecule has 1 amide bonds. The molecule has 19 heavy (non-hydrogen) atoms. The molecule has 0 aliphatic heterocycles. The number of aromatic nitrogens is 1. The number of rotatable bonds is 6. The maximum absolute atomic E-state index is 14.0.